The molecule has 2 atom stereocenters. The second-order valence-corrected chi connectivity index (χ2v) is 5.81. The summed E-state index contributed by atoms with van der Waals surface area (Å²) in [6, 6.07) is 5.06. The molecule has 2 aromatic heterocycles. The number of aromatic amines is 1. The van der Waals surface area contributed by atoms with Crippen LogP contribution in [0.25, 0.3) is 0 Å². The van der Waals surface area contributed by atoms with Crippen molar-refractivity contribution in [3.63, 3.8) is 0 Å². The molecule has 1 aliphatic rings. The lowest BCUT2D eigenvalue weighted by Crippen LogP contribution is -2.41. The van der Waals surface area contributed by atoms with Crippen molar-refractivity contribution in [3.05, 3.63) is 42.1 Å². The Hall–Kier alpha value is -2.95. The summed E-state index contributed by atoms with van der Waals surface area (Å²) in [7, 11) is 1.67. The number of halogens is 1. The number of aromatic nitrogens is 3. The maximum absolute atomic E-state index is 13.9. The van der Waals surface area contributed by atoms with Crippen LogP contribution in [-0.2, 0) is 0 Å². The second kappa shape index (κ2) is 6.66. The van der Waals surface area contributed by atoms with Crippen molar-refractivity contribution < 1.29 is 9.18 Å². The number of nitrogens with one attached hydrogen (secondary N) is 1. The van der Waals surface area contributed by atoms with Crippen molar-refractivity contribution in [3.8, 4) is 6.07 Å². The highest BCUT2D eigenvalue weighted by atomic mass is 19.1. The largest absolute Gasteiger partial charge is 0.356 e. The van der Waals surface area contributed by atoms with Gasteiger partial charge in [0, 0.05) is 32.4 Å². The summed E-state index contributed by atoms with van der Waals surface area (Å²) in [6.45, 7) is 0.620. The van der Waals surface area contributed by atoms with Crippen molar-refractivity contribution in [2.24, 2.45) is 0 Å². The smallest absolute Gasteiger partial charge is 0.270 e. The zero-order valence-electron chi connectivity index (χ0n) is 13.2. The molecule has 3 heterocycles. The van der Waals surface area contributed by atoms with Crippen LogP contribution in [0.1, 0.15) is 22.5 Å². The van der Waals surface area contributed by atoms with Crippen molar-refractivity contribution >= 4 is 11.7 Å². The molecule has 124 valence electrons. The molecule has 1 aliphatic heterocycles. The number of amides is 1. The van der Waals surface area contributed by atoms with Gasteiger partial charge in [-0.3, -0.25) is 4.79 Å². The fourth-order valence-electron chi connectivity index (χ4n) is 2.95. The van der Waals surface area contributed by atoms with E-state index in [0.717, 1.165) is 0 Å². The number of H-pyrrole nitrogens is 1. The van der Waals surface area contributed by atoms with Crippen LogP contribution in [0.5, 0.6) is 0 Å². The van der Waals surface area contributed by atoms with Gasteiger partial charge in [-0.15, -0.1) is 0 Å². The summed E-state index contributed by atoms with van der Waals surface area (Å²) in [5.74, 6) is 0.420. The molecule has 0 bridgehead atoms. The number of nitrogens with zero attached hydrogens (tertiary/aromatic N) is 5. The monoisotopic (exact) mass is 328 g/mol. The number of alkyl halides is 1. The highest BCUT2D eigenvalue weighted by molar-refractivity contribution is 5.92. The third kappa shape index (κ3) is 3.20. The zero-order chi connectivity index (χ0) is 17.1. The first-order valence-electron chi connectivity index (χ1n) is 7.59. The molecule has 1 N–H and O–H groups in total. The minimum atomic E-state index is -0.954. The van der Waals surface area contributed by atoms with Crippen molar-refractivity contribution in [1.29, 1.82) is 5.26 Å². The number of anilines is 1. The zero-order valence-corrected chi connectivity index (χ0v) is 13.2. The Morgan fingerprint density at radius 2 is 2.46 bits per heavy atom. The van der Waals surface area contributed by atoms with E-state index in [-0.39, 0.29) is 18.5 Å². The van der Waals surface area contributed by atoms with E-state index >= 15 is 0 Å². The summed E-state index contributed by atoms with van der Waals surface area (Å²) < 4.78 is 13.9. The Balaban J connectivity index is 1.71. The van der Waals surface area contributed by atoms with Gasteiger partial charge in [-0.25, -0.2) is 14.4 Å². The van der Waals surface area contributed by atoms with Crippen LogP contribution in [0.15, 0.2) is 30.9 Å². The number of likely N-dealkylation sites (N-methyl/N-ethyl adjacent to an activating group) is 1. The molecule has 2 aromatic rings. The third-order valence-electron chi connectivity index (χ3n) is 4.10. The summed E-state index contributed by atoms with van der Waals surface area (Å²) >= 11 is 0. The summed E-state index contributed by atoms with van der Waals surface area (Å²) in [4.78, 5) is 26.7. The first-order chi connectivity index (χ1) is 11.6. The molecule has 8 heteroatoms. The average molecular weight is 328 g/mol. The molecular formula is C16H17FN6O. The second-order valence-electron chi connectivity index (χ2n) is 5.81. The summed E-state index contributed by atoms with van der Waals surface area (Å²) in [5, 5.41) is 8.84. The predicted octanol–water partition coefficient (Wildman–Crippen LogP) is 1.37. The van der Waals surface area contributed by atoms with Crippen molar-refractivity contribution in [1.82, 2.24) is 19.9 Å². The summed E-state index contributed by atoms with van der Waals surface area (Å²) in [5.41, 5.74) is 0.747. The lowest BCUT2D eigenvalue weighted by atomic mass is 10.2. The molecule has 0 spiro atoms. The Morgan fingerprint density at radius 1 is 1.62 bits per heavy atom. The molecule has 24 heavy (non-hydrogen) atoms. The first-order valence-corrected chi connectivity index (χ1v) is 7.59. The molecular weight excluding hydrogens is 311 g/mol. The Labute approximate surface area is 138 Å². The van der Waals surface area contributed by atoms with Gasteiger partial charge in [0.2, 0.25) is 0 Å². The minimum Gasteiger partial charge on any atom is -0.356 e. The van der Waals surface area contributed by atoms with Gasteiger partial charge in [-0.1, -0.05) is 0 Å². The predicted molar refractivity (Wildman–Crippen MR) is 85.1 cm³/mol. The van der Waals surface area contributed by atoms with Gasteiger partial charge < -0.3 is 14.8 Å². The minimum absolute atomic E-state index is 0.158. The van der Waals surface area contributed by atoms with Gasteiger partial charge in [0.05, 0.1) is 18.2 Å². The number of carbonyl (C=O) groups excluding carboxylic acids is 1. The third-order valence-corrected chi connectivity index (χ3v) is 4.10. The van der Waals surface area contributed by atoms with E-state index in [1.807, 2.05) is 11.0 Å². The average Bonchev–Trinajstić information content (AvgIpc) is 3.21. The highest BCUT2D eigenvalue weighted by Crippen LogP contribution is 2.26. The van der Waals surface area contributed by atoms with Gasteiger partial charge in [0.1, 0.15) is 30.1 Å². The van der Waals surface area contributed by atoms with Gasteiger partial charge >= 0.3 is 0 Å². The van der Waals surface area contributed by atoms with Gasteiger partial charge in [-0.05, 0) is 12.1 Å². The van der Waals surface area contributed by atoms with Crippen LogP contribution in [0.3, 0.4) is 0 Å². The van der Waals surface area contributed by atoms with E-state index in [2.05, 4.69) is 15.0 Å². The number of nitriles is 1. The molecule has 1 saturated heterocycles. The standard InChI is InChI=1S/C16H17FN6O/c1-22(16(24)14-4-11(6-18)7-20-14)9-13-5-12(17)8-23(13)15-2-3-19-10-21-15/h2-4,7,10,12-13,20H,5,8-9H2,1H3/t12-,13-/m0/s1. The molecule has 0 unspecified atom stereocenters. The van der Waals surface area contributed by atoms with E-state index in [1.54, 1.807) is 19.3 Å². The Morgan fingerprint density at radius 3 is 3.12 bits per heavy atom. The van der Waals surface area contributed by atoms with E-state index in [0.29, 0.717) is 30.0 Å². The van der Waals surface area contributed by atoms with Crippen molar-refractivity contribution in [2.45, 2.75) is 18.6 Å². The maximum Gasteiger partial charge on any atom is 0.270 e. The molecule has 0 saturated carbocycles. The van der Waals surface area contributed by atoms with Crippen LogP contribution in [0.4, 0.5) is 10.2 Å². The molecule has 7 nitrogen and oxygen atoms in total. The van der Waals surface area contributed by atoms with Crippen LogP contribution in [0, 0.1) is 11.3 Å². The Bertz CT molecular complexity index is 755. The number of carbonyl (C=O) groups is 1. The van der Waals surface area contributed by atoms with E-state index in [1.165, 1.54) is 23.5 Å². The fraction of sp³-hybridized carbons (Fsp3) is 0.375. The van der Waals surface area contributed by atoms with Gasteiger partial charge in [0.25, 0.3) is 5.91 Å². The van der Waals surface area contributed by atoms with Crippen molar-refractivity contribution in [2.75, 3.05) is 25.0 Å². The molecule has 0 aromatic carbocycles. The lowest BCUT2D eigenvalue weighted by molar-refractivity contribution is 0.0781. The van der Waals surface area contributed by atoms with Crippen LogP contribution < -0.4 is 4.90 Å². The highest BCUT2D eigenvalue weighted by Gasteiger charge is 2.34. The fourth-order valence-corrected chi connectivity index (χ4v) is 2.95. The van der Waals surface area contributed by atoms with E-state index < -0.39 is 6.17 Å². The molecule has 1 fully saturated rings. The molecule has 0 radical (unpaired) electrons. The van der Waals surface area contributed by atoms with Crippen LogP contribution >= 0.6 is 0 Å². The molecule has 1 amide bonds. The van der Waals surface area contributed by atoms with Gasteiger partial charge in [0.15, 0.2) is 0 Å². The maximum atomic E-state index is 13.9. The normalized spacial score (nSPS) is 20.0. The first kappa shape index (κ1) is 15.9. The Kier molecular flexibility index (Phi) is 4.42. The topological polar surface area (TPSA) is 88.9 Å². The van der Waals surface area contributed by atoms with E-state index in [9.17, 15) is 9.18 Å². The molecule has 0 aliphatic carbocycles. The van der Waals surface area contributed by atoms with Gasteiger partial charge in [-0.2, -0.15) is 5.26 Å². The summed E-state index contributed by atoms with van der Waals surface area (Å²) in [6.07, 6.45) is 3.92. The van der Waals surface area contributed by atoms with Crippen LogP contribution in [-0.4, -0.2) is 58.1 Å². The SMILES string of the molecule is CN(C[C@@H]1C[C@H](F)CN1c1ccncn1)C(=O)c1cc(C#N)c[nH]1. The number of hydrogen-bond acceptors (Lipinski definition) is 5. The van der Waals surface area contributed by atoms with E-state index in [4.69, 9.17) is 5.26 Å². The van der Waals surface area contributed by atoms with Crippen LogP contribution in [0.2, 0.25) is 0 Å². The number of hydrogen-bond donors (Lipinski definition) is 1. The molecule has 3 rings (SSSR count). The quantitative estimate of drug-likeness (QED) is 0.915. The lowest BCUT2D eigenvalue weighted by Gasteiger charge is -2.28. The number of rotatable bonds is 4.